The van der Waals surface area contributed by atoms with Crippen molar-refractivity contribution in [3.63, 3.8) is 0 Å². The average molecular weight is 367 g/mol. The van der Waals surface area contributed by atoms with E-state index in [4.69, 9.17) is 16.2 Å². The Hall–Kier alpha value is -3.09. The molecule has 1 spiro atoms. The summed E-state index contributed by atoms with van der Waals surface area (Å²) in [4.78, 5) is 10.8. The van der Waals surface area contributed by atoms with Crippen molar-refractivity contribution in [2.24, 2.45) is 21.5 Å². The Bertz CT molecular complexity index is 905. The quantitative estimate of drug-likeness (QED) is 0.865. The van der Waals surface area contributed by atoms with Gasteiger partial charge in [-0.15, -0.1) is 0 Å². The SMILES string of the molecule is NC1=NC2(CCCCC2)N(c2ccccc2Oc2cccc(F)c2)C(N)=N1. The van der Waals surface area contributed by atoms with E-state index in [9.17, 15) is 4.39 Å². The predicted octanol–water partition coefficient (Wildman–Crippen LogP) is 3.73. The minimum absolute atomic E-state index is 0.203. The number of halogens is 1. The third-order valence-corrected chi connectivity index (χ3v) is 4.98. The van der Waals surface area contributed by atoms with Crippen molar-refractivity contribution >= 4 is 17.6 Å². The molecular weight excluding hydrogens is 345 g/mol. The summed E-state index contributed by atoms with van der Waals surface area (Å²) in [6.45, 7) is 0. The molecule has 4 rings (SSSR count). The van der Waals surface area contributed by atoms with E-state index < -0.39 is 5.66 Å². The number of hydrogen-bond acceptors (Lipinski definition) is 6. The number of para-hydroxylation sites is 2. The maximum Gasteiger partial charge on any atom is 0.220 e. The van der Waals surface area contributed by atoms with Gasteiger partial charge >= 0.3 is 0 Å². The van der Waals surface area contributed by atoms with Gasteiger partial charge < -0.3 is 16.2 Å². The van der Waals surface area contributed by atoms with Crippen LogP contribution in [-0.4, -0.2) is 17.6 Å². The van der Waals surface area contributed by atoms with Gasteiger partial charge in [0.05, 0.1) is 5.69 Å². The van der Waals surface area contributed by atoms with E-state index in [2.05, 4.69) is 9.98 Å². The van der Waals surface area contributed by atoms with E-state index in [0.717, 1.165) is 37.8 Å². The Morgan fingerprint density at radius 1 is 1.00 bits per heavy atom. The van der Waals surface area contributed by atoms with Gasteiger partial charge in [-0.05, 0) is 49.9 Å². The molecule has 1 aliphatic heterocycles. The Morgan fingerprint density at radius 2 is 1.78 bits per heavy atom. The van der Waals surface area contributed by atoms with Crippen LogP contribution >= 0.6 is 0 Å². The maximum atomic E-state index is 13.6. The summed E-state index contributed by atoms with van der Waals surface area (Å²) in [6.07, 6.45) is 4.89. The van der Waals surface area contributed by atoms with Crippen LogP contribution in [0, 0.1) is 5.82 Å². The molecule has 1 saturated carbocycles. The zero-order valence-electron chi connectivity index (χ0n) is 14.9. The Balaban J connectivity index is 1.76. The van der Waals surface area contributed by atoms with Gasteiger partial charge in [0.2, 0.25) is 11.9 Å². The first-order valence-electron chi connectivity index (χ1n) is 9.10. The van der Waals surface area contributed by atoms with Crippen LogP contribution in [0.4, 0.5) is 10.1 Å². The summed E-state index contributed by atoms with van der Waals surface area (Å²) >= 11 is 0. The van der Waals surface area contributed by atoms with Crippen molar-refractivity contribution in [2.75, 3.05) is 4.90 Å². The number of hydrogen-bond donors (Lipinski definition) is 2. The molecule has 0 bridgehead atoms. The van der Waals surface area contributed by atoms with Gasteiger partial charge in [0.1, 0.15) is 17.2 Å². The molecule has 27 heavy (non-hydrogen) atoms. The van der Waals surface area contributed by atoms with E-state index in [1.807, 2.05) is 29.2 Å². The molecule has 7 heteroatoms. The van der Waals surface area contributed by atoms with Gasteiger partial charge in [-0.1, -0.05) is 24.6 Å². The number of aliphatic imine (C=N–C) groups is 2. The Labute approximate surface area is 157 Å². The van der Waals surface area contributed by atoms with Crippen molar-refractivity contribution in [1.82, 2.24) is 0 Å². The molecule has 4 N–H and O–H groups in total. The molecule has 1 aliphatic carbocycles. The number of guanidine groups is 2. The van der Waals surface area contributed by atoms with Crippen molar-refractivity contribution < 1.29 is 9.13 Å². The molecule has 6 nitrogen and oxygen atoms in total. The zero-order chi connectivity index (χ0) is 18.9. The summed E-state index contributed by atoms with van der Waals surface area (Å²) in [6, 6.07) is 13.5. The fourth-order valence-corrected chi connectivity index (χ4v) is 3.86. The lowest BCUT2D eigenvalue weighted by atomic mass is 9.87. The lowest BCUT2D eigenvalue weighted by molar-refractivity contribution is 0.304. The highest BCUT2D eigenvalue weighted by atomic mass is 19.1. The second-order valence-electron chi connectivity index (χ2n) is 6.85. The normalized spacial score (nSPS) is 18.8. The van der Waals surface area contributed by atoms with Gasteiger partial charge in [0.15, 0.2) is 5.75 Å². The van der Waals surface area contributed by atoms with Gasteiger partial charge in [-0.25, -0.2) is 9.38 Å². The van der Waals surface area contributed by atoms with Crippen LogP contribution in [0.25, 0.3) is 0 Å². The van der Waals surface area contributed by atoms with Crippen LogP contribution in [0.3, 0.4) is 0 Å². The van der Waals surface area contributed by atoms with Crippen molar-refractivity contribution in [2.45, 2.75) is 37.8 Å². The van der Waals surface area contributed by atoms with E-state index in [1.54, 1.807) is 12.1 Å². The fraction of sp³-hybridized carbons (Fsp3) is 0.300. The highest BCUT2D eigenvalue weighted by molar-refractivity contribution is 6.06. The molecule has 2 aromatic rings. The number of ether oxygens (including phenoxy) is 1. The predicted molar refractivity (Wildman–Crippen MR) is 104 cm³/mol. The molecular formula is C20H22FN5O. The third-order valence-electron chi connectivity index (χ3n) is 4.98. The largest absolute Gasteiger partial charge is 0.455 e. The average Bonchev–Trinajstić information content (AvgIpc) is 2.63. The summed E-state index contributed by atoms with van der Waals surface area (Å²) < 4.78 is 19.5. The Kier molecular flexibility index (Phi) is 4.43. The topological polar surface area (TPSA) is 89.2 Å². The monoisotopic (exact) mass is 367 g/mol. The Morgan fingerprint density at radius 3 is 2.56 bits per heavy atom. The summed E-state index contributed by atoms with van der Waals surface area (Å²) in [7, 11) is 0. The molecule has 0 amide bonds. The van der Waals surface area contributed by atoms with Gasteiger partial charge in [-0.3, -0.25) is 4.90 Å². The molecule has 1 fully saturated rings. The van der Waals surface area contributed by atoms with Crippen molar-refractivity contribution in [3.05, 3.63) is 54.3 Å². The number of rotatable bonds is 3. The molecule has 0 radical (unpaired) electrons. The first-order valence-corrected chi connectivity index (χ1v) is 9.10. The molecule has 0 atom stereocenters. The summed E-state index contributed by atoms with van der Waals surface area (Å²) in [5.41, 5.74) is 12.4. The molecule has 0 saturated heterocycles. The van der Waals surface area contributed by atoms with Crippen LogP contribution in [0.5, 0.6) is 11.5 Å². The number of nitrogens with zero attached hydrogens (tertiary/aromatic N) is 3. The molecule has 1 heterocycles. The number of anilines is 1. The van der Waals surface area contributed by atoms with E-state index in [-0.39, 0.29) is 11.8 Å². The molecule has 140 valence electrons. The third kappa shape index (κ3) is 3.32. The maximum absolute atomic E-state index is 13.6. The highest BCUT2D eigenvalue weighted by Crippen LogP contribution is 2.43. The van der Waals surface area contributed by atoms with Crippen LogP contribution in [0.15, 0.2) is 58.5 Å². The number of nitrogens with two attached hydrogens (primary N) is 2. The molecule has 0 unspecified atom stereocenters. The van der Waals surface area contributed by atoms with Gasteiger partial charge in [-0.2, -0.15) is 4.99 Å². The minimum Gasteiger partial charge on any atom is -0.455 e. The van der Waals surface area contributed by atoms with Crippen molar-refractivity contribution in [1.29, 1.82) is 0 Å². The minimum atomic E-state index is -0.560. The lowest BCUT2D eigenvalue weighted by Gasteiger charge is -2.45. The van der Waals surface area contributed by atoms with Gasteiger partial charge in [0, 0.05) is 6.07 Å². The fourth-order valence-electron chi connectivity index (χ4n) is 3.86. The molecule has 2 aliphatic rings. The first kappa shape index (κ1) is 17.3. The van der Waals surface area contributed by atoms with Crippen LogP contribution in [0.1, 0.15) is 32.1 Å². The zero-order valence-corrected chi connectivity index (χ0v) is 14.9. The number of benzene rings is 2. The summed E-state index contributed by atoms with van der Waals surface area (Å²) in [5, 5.41) is 0. The summed E-state index contributed by atoms with van der Waals surface area (Å²) in [5.74, 6) is 1.11. The van der Waals surface area contributed by atoms with Crippen LogP contribution in [0.2, 0.25) is 0 Å². The van der Waals surface area contributed by atoms with E-state index in [0.29, 0.717) is 17.5 Å². The smallest absolute Gasteiger partial charge is 0.220 e. The first-order chi connectivity index (χ1) is 13.1. The van der Waals surface area contributed by atoms with E-state index in [1.165, 1.54) is 12.1 Å². The van der Waals surface area contributed by atoms with Crippen LogP contribution in [-0.2, 0) is 0 Å². The van der Waals surface area contributed by atoms with Crippen molar-refractivity contribution in [3.8, 4) is 11.5 Å². The standard InChI is InChI=1S/C20H22FN5O/c21-14-7-6-8-15(13-14)27-17-10-3-2-9-16(17)26-19(23)24-18(22)25-20(26)11-4-1-5-12-20/h2-3,6-10,13H,1,4-5,11-12H2,(H4,22,23,24,25). The second-order valence-corrected chi connectivity index (χ2v) is 6.85. The van der Waals surface area contributed by atoms with E-state index >= 15 is 0 Å². The second kappa shape index (κ2) is 6.90. The molecule has 2 aromatic carbocycles. The van der Waals surface area contributed by atoms with Crippen LogP contribution < -0.4 is 21.1 Å². The molecule has 0 aromatic heterocycles. The lowest BCUT2D eigenvalue weighted by Crippen LogP contribution is -2.58. The van der Waals surface area contributed by atoms with Gasteiger partial charge in [0.25, 0.3) is 0 Å². The highest BCUT2D eigenvalue weighted by Gasteiger charge is 2.43.